The lowest BCUT2D eigenvalue weighted by Gasteiger charge is -2.06. The van der Waals surface area contributed by atoms with Gasteiger partial charge < -0.3 is 5.11 Å². The first-order chi connectivity index (χ1) is 8.69. The van der Waals surface area contributed by atoms with E-state index in [1.807, 2.05) is 37.3 Å². The summed E-state index contributed by atoms with van der Waals surface area (Å²) >= 11 is 7.93. The highest BCUT2D eigenvalue weighted by atomic mass is 35.5. The van der Waals surface area contributed by atoms with Gasteiger partial charge >= 0.3 is 0 Å². The van der Waals surface area contributed by atoms with Crippen LogP contribution >= 0.6 is 23.4 Å². The van der Waals surface area contributed by atoms with Crippen LogP contribution in [0.1, 0.15) is 16.7 Å². The standard InChI is InChI=1S/C15H15ClOS/c1-11-5-6-13(15(16)7-11)10-18-14-4-2-3-12(8-14)9-17/h2-8,17H,9-10H2,1H3. The number of aliphatic hydroxyl groups excluding tert-OH is 1. The molecule has 18 heavy (non-hydrogen) atoms. The van der Waals surface area contributed by atoms with Crippen molar-refractivity contribution in [3.05, 3.63) is 64.2 Å². The Labute approximate surface area is 117 Å². The lowest BCUT2D eigenvalue weighted by atomic mass is 10.2. The second kappa shape index (κ2) is 6.28. The lowest BCUT2D eigenvalue weighted by molar-refractivity contribution is 0.281. The predicted octanol–water partition coefficient (Wildman–Crippen LogP) is 4.43. The summed E-state index contributed by atoms with van der Waals surface area (Å²) in [5.74, 6) is 0.841. The number of hydrogen-bond donors (Lipinski definition) is 1. The van der Waals surface area contributed by atoms with Gasteiger partial charge in [0.25, 0.3) is 0 Å². The van der Waals surface area contributed by atoms with Crippen LogP contribution in [0.25, 0.3) is 0 Å². The van der Waals surface area contributed by atoms with E-state index in [1.54, 1.807) is 11.8 Å². The van der Waals surface area contributed by atoms with Crippen LogP contribution in [-0.4, -0.2) is 5.11 Å². The average molecular weight is 279 g/mol. The Morgan fingerprint density at radius 2 is 2.00 bits per heavy atom. The van der Waals surface area contributed by atoms with Crippen LogP contribution in [0.4, 0.5) is 0 Å². The fraction of sp³-hybridized carbons (Fsp3) is 0.200. The average Bonchev–Trinajstić information content (AvgIpc) is 2.38. The van der Waals surface area contributed by atoms with Crippen molar-refractivity contribution in [1.29, 1.82) is 0 Å². The summed E-state index contributed by atoms with van der Waals surface area (Å²) in [6.45, 7) is 2.12. The molecule has 0 atom stereocenters. The molecule has 2 aromatic rings. The second-order valence-electron chi connectivity index (χ2n) is 4.19. The molecule has 0 bridgehead atoms. The Hall–Kier alpha value is -0.960. The topological polar surface area (TPSA) is 20.2 Å². The molecule has 0 amide bonds. The van der Waals surface area contributed by atoms with Crippen molar-refractivity contribution in [1.82, 2.24) is 0 Å². The molecule has 1 nitrogen and oxygen atoms in total. The zero-order valence-corrected chi connectivity index (χ0v) is 11.8. The number of benzene rings is 2. The van der Waals surface area contributed by atoms with Crippen molar-refractivity contribution in [3.63, 3.8) is 0 Å². The quantitative estimate of drug-likeness (QED) is 0.835. The Bertz CT molecular complexity index is 540. The molecule has 0 fully saturated rings. The number of aryl methyl sites for hydroxylation is 1. The molecule has 0 spiro atoms. The van der Waals surface area contributed by atoms with E-state index < -0.39 is 0 Å². The van der Waals surface area contributed by atoms with Gasteiger partial charge in [0, 0.05) is 15.7 Å². The normalized spacial score (nSPS) is 10.6. The van der Waals surface area contributed by atoms with E-state index >= 15 is 0 Å². The van der Waals surface area contributed by atoms with Crippen molar-refractivity contribution in [2.75, 3.05) is 0 Å². The molecule has 0 unspecified atom stereocenters. The van der Waals surface area contributed by atoms with Crippen LogP contribution in [-0.2, 0) is 12.4 Å². The van der Waals surface area contributed by atoms with Crippen molar-refractivity contribution < 1.29 is 5.11 Å². The van der Waals surface area contributed by atoms with Crippen LogP contribution < -0.4 is 0 Å². The van der Waals surface area contributed by atoms with Gasteiger partial charge in [0.1, 0.15) is 0 Å². The summed E-state index contributed by atoms with van der Waals surface area (Å²) in [5, 5.41) is 9.91. The monoisotopic (exact) mass is 278 g/mol. The van der Waals surface area contributed by atoms with Gasteiger partial charge in [-0.2, -0.15) is 0 Å². The Balaban J connectivity index is 2.06. The molecule has 2 rings (SSSR count). The SMILES string of the molecule is Cc1ccc(CSc2cccc(CO)c2)c(Cl)c1. The number of rotatable bonds is 4. The smallest absolute Gasteiger partial charge is 0.0682 e. The number of hydrogen-bond acceptors (Lipinski definition) is 2. The maximum atomic E-state index is 9.09. The van der Waals surface area contributed by atoms with E-state index in [2.05, 4.69) is 12.1 Å². The molecule has 0 aliphatic carbocycles. The molecule has 0 heterocycles. The maximum absolute atomic E-state index is 9.09. The third-order valence-electron chi connectivity index (χ3n) is 2.68. The third-order valence-corrected chi connectivity index (χ3v) is 4.08. The second-order valence-corrected chi connectivity index (χ2v) is 5.65. The Kier molecular flexibility index (Phi) is 4.70. The first kappa shape index (κ1) is 13.5. The zero-order chi connectivity index (χ0) is 13.0. The van der Waals surface area contributed by atoms with Gasteiger partial charge in [-0.1, -0.05) is 35.9 Å². The van der Waals surface area contributed by atoms with Gasteiger partial charge in [-0.25, -0.2) is 0 Å². The first-order valence-corrected chi connectivity index (χ1v) is 7.13. The molecule has 0 aromatic heterocycles. The minimum atomic E-state index is 0.0830. The van der Waals surface area contributed by atoms with Crippen molar-refractivity contribution in [2.24, 2.45) is 0 Å². The summed E-state index contributed by atoms with van der Waals surface area (Å²) in [6.07, 6.45) is 0. The van der Waals surface area contributed by atoms with Crippen LogP contribution in [0.5, 0.6) is 0 Å². The van der Waals surface area contributed by atoms with Crippen molar-refractivity contribution in [2.45, 2.75) is 24.2 Å². The van der Waals surface area contributed by atoms with E-state index in [-0.39, 0.29) is 6.61 Å². The molecular weight excluding hydrogens is 264 g/mol. The van der Waals surface area contributed by atoms with Crippen LogP contribution in [0.3, 0.4) is 0 Å². The predicted molar refractivity (Wildman–Crippen MR) is 78.1 cm³/mol. The highest BCUT2D eigenvalue weighted by Gasteiger charge is 2.02. The number of halogens is 1. The summed E-state index contributed by atoms with van der Waals surface area (Å²) < 4.78 is 0. The van der Waals surface area contributed by atoms with Crippen molar-refractivity contribution >= 4 is 23.4 Å². The molecule has 0 aliphatic heterocycles. The fourth-order valence-electron chi connectivity index (χ4n) is 1.66. The van der Waals surface area contributed by atoms with Gasteiger partial charge in [0.15, 0.2) is 0 Å². The summed E-state index contributed by atoms with van der Waals surface area (Å²) in [7, 11) is 0. The van der Waals surface area contributed by atoms with E-state index in [0.717, 1.165) is 26.8 Å². The minimum absolute atomic E-state index is 0.0830. The molecule has 0 saturated heterocycles. The van der Waals surface area contributed by atoms with E-state index in [0.29, 0.717) is 0 Å². The Morgan fingerprint density at radius 3 is 2.72 bits per heavy atom. The number of aliphatic hydroxyl groups is 1. The van der Waals surface area contributed by atoms with Crippen LogP contribution in [0.15, 0.2) is 47.4 Å². The van der Waals surface area contributed by atoms with Gasteiger partial charge in [0.05, 0.1) is 6.61 Å². The summed E-state index contributed by atoms with van der Waals surface area (Å²) in [6, 6.07) is 14.1. The van der Waals surface area contributed by atoms with E-state index in [1.165, 1.54) is 5.56 Å². The zero-order valence-electron chi connectivity index (χ0n) is 10.2. The highest BCUT2D eigenvalue weighted by Crippen LogP contribution is 2.27. The largest absolute Gasteiger partial charge is 0.392 e. The summed E-state index contributed by atoms with van der Waals surface area (Å²) in [5.41, 5.74) is 3.26. The lowest BCUT2D eigenvalue weighted by Crippen LogP contribution is -1.86. The molecular formula is C15H15ClOS. The van der Waals surface area contributed by atoms with Crippen LogP contribution in [0.2, 0.25) is 5.02 Å². The van der Waals surface area contributed by atoms with Gasteiger partial charge in [-0.15, -0.1) is 11.8 Å². The molecule has 0 saturated carbocycles. The Morgan fingerprint density at radius 1 is 1.17 bits per heavy atom. The van der Waals surface area contributed by atoms with E-state index in [4.69, 9.17) is 16.7 Å². The third kappa shape index (κ3) is 3.52. The molecule has 0 aliphatic rings. The molecule has 3 heteroatoms. The number of thioether (sulfide) groups is 1. The van der Waals surface area contributed by atoms with Gasteiger partial charge in [-0.3, -0.25) is 0 Å². The maximum Gasteiger partial charge on any atom is 0.0682 e. The van der Waals surface area contributed by atoms with Gasteiger partial charge in [-0.05, 0) is 41.8 Å². The molecule has 94 valence electrons. The molecule has 2 aromatic carbocycles. The summed E-state index contributed by atoms with van der Waals surface area (Å²) in [4.78, 5) is 1.15. The highest BCUT2D eigenvalue weighted by molar-refractivity contribution is 7.98. The van der Waals surface area contributed by atoms with Gasteiger partial charge in [0.2, 0.25) is 0 Å². The van der Waals surface area contributed by atoms with Crippen LogP contribution in [0, 0.1) is 6.92 Å². The fourth-order valence-corrected chi connectivity index (χ4v) is 3.03. The molecule has 0 radical (unpaired) electrons. The van der Waals surface area contributed by atoms with Crippen molar-refractivity contribution in [3.8, 4) is 0 Å². The molecule has 1 N–H and O–H groups in total. The minimum Gasteiger partial charge on any atom is -0.392 e. The van der Waals surface area contributed by atoms with E-state index in [9.17, 15) is 0 Å². The first-order valence-electron chi connectivity index (χ1n) is 5.76.